The van der Waals surface area contributed by atoms with Gasteiger partial charge in [-0.3, -0.25) is 9.62 Å². The molecule has 0 radical (unpaired) electrons. The van der Waals surface area contributed by atoms with Crippen LogP contribution in [0.1, 0.15) is 5.56 Å². The number of nitrogens with zero attached hydrogens (tertiary/aromatic N) is 4. The van der Waals surface area contributed by atoms with E-state index in [-0.39, 0.29) is 6.03 Å². The van der Waals surface area contributed by atoms with Gasteiger partial charge in [-0.25, -0.2) is 19.7 Å². The molecule has 2 heterocycles. The van der Waals surface area contributed by atoms with Crippen LogP contribution in [-0.4, -0.2) is 53.2 Å². The van der Waals surface area contributed by atoms with Gasteiger partial charge in [0.25, 0.3) is 0 Å². The molecule has 0 fully saturated rings. The molecule has 0 saturated heterocycles. The van der Waals surface area contributed by atoms with E-state index in [0.29, 0.717) is 58.7 Å². The molecular weight excluding hydrogens is 480 g/mol. The van der Waals surface area contributed by atoms with Crippen molar-refractivity contribution in [3.05, 3.63) is 66.4 Å². The Bertz CT molecular complexity index is 1330. The van der Waals surface area contributed by atoms with Gasteiger partial charge in [0.15, 0.2) is 23.0 Å². The van der Waals surface area contributed by atoms with E-state index in [1.54, 1.807) is 51.8 Å². The maximum absolute atomic E-state index is 12.6. The molecule has 10 nitrogen and oxygen atoms in total. The number of hydrogen-bond donors (Lipinski definition) is 3. The van der Waals surface area contributed by atoms with Crippen LogP contribution in [0.3, 0.4) is 0 Å². The Kier molecular flexibility index (Phi) is 7.91. The van der Waals surface area contributed by atoms with Gasteiger partial charge >= 0.3 is 6.03 Å². The zero-order valence-corrected chi connectivity index (χ0v) is 21.0. The number of nitrogens with one attached hydrogen (secondary N) is 2. The van der Waals surface area contributed by atoms with Crippen LogP contribution in [0.25, 0.3) is 11.2 Å². The van der Waals surface area contributed by atoms with Crippen LogP contribution >= 0.6 is 12.8 Å². The van der Waals surface area contributed by atoms with Gasteiger partial charge in [-0.1, -0.05) is 43.1 Å². The van der Waals surface area contributed by atoms with Gasteiger partial charge in [0.1, 0.15) is 11.3 Å². The number of benzene rings is 2. The number of carbonyl (C=O) groups excluding carboxylic acids is 1. The molecule has 0 aliphatic heterocycles. The lowest BCUT2D eigenvalue weighted by atomic mass is 10.1. The van der Waals surface area contributed by atoms with Crippen molar-refractivity contribution < 1.29 is 19.0 Å². The minimum Gasteiger partial charge on any atom is -0.493 e. The van der Waals surface area contributed by atoms with Crippen molar-refractivity contribution in [3.63, 3.8) is 0 Å². The van der Waals surface area contributed by atoms with Crippen molar-refractivity contribution >= 4 is 47.3 Å². The number of methoxy groups -OCH3 is 3. The average molecular weight is 507 g/mol. The maximum atomic E-state index is 12.6. The second kappa shape index (κ2) is 11.5. The van der Waals surface area contributed by atoms with Gasteiger partial charge in [0, 0.05) is 24.4 Å². The van der Waals surface area contributed by atoms with E-state index < -0.39 is 0 Å². The highest BCUT2D eigenvalue weighted by Crippen LogP contribution is 2.40. The second-order valence-electron chi connectivity index (χ2n) is 7.62. The summed E-state index contributed by atoms with van der Waals surface area (Å²) in [6, 6.07) is 16.4. The van der Waals surface area contributed by atoms with Crippen molar-refractivity contribution in [3.8, 4) is 17.2 Å². The van der Waals surface area contributed by atoms with Crippen molar-refractivity contribution in [1.29, 1.82) is 0 Å². The molecule has 0 aliphatic rings. The molecule has 2 N–H and O–H groups in total. The number of pyridine rings is 1. The Morgan fingerprint density at radius 2 is 1.64 bits per heavy atom. The van der Waals surface area contributed by atoms with Crippen LogP contribution in [0.4, 0.5) is 22.1 Å². The first-order chi connectivity index (χ1) is 17.5. The van der Waals surface area contributed by atoms with Gasteiger partial charge in [0.2, 0.25) is 5.75 Å². The van der Waals surface area contributed by atoms with Crippen LogP contribution in [0.15, 0.2) is 60.8 Å². The van der Waals surface area contributed by atoms with E-state index in [0.717, 1.165) is 5.56 Å². The summed E-state index contributed by atoms with van der Waals surface area (Å²) in [5, 5.41) is 5.92. The number of aromatic nitrogens is 3. The number of ether oxygens (including phenoxy) is 3. The molecule has 36 heavy (non-hydrogen) atoms. The summed E-state index contributed by atoms with van der Waals surface area (Å²) in [7, 11) is 4.63. The maximum Gasteiger partial charge on any atom is 0.332 e. The smallest absolute Gasteiger partial charge is 0.332 e. The molecule has 4 rings (SSSR count). The number of hydrogen-bond acceptors (Lipinski definition) is 9. The van der Waals surface area contributed by atoms with Crippen LogP contribution in [0.5, 0.6) is 17.2 Å². The Balaban J connectivity index is 1.47. The summed E-state index contributed by atoms with van der Waals surface area (Å²) in [5.41, 5.74) is 2.72. The first-order valence-electron chi connectivity index (χ1n) is 11.0. The molecule has 0 aliphatic carbocycles. The summed E-state index contributed by atoms with van der Waals surface area (Å²) in [5.74, 6) is 2.27. The van der Waals surface area contributed by atoms with Crippen molar-refractivity contribution in [2.24, 2.45) is 0 Å². The van der Waals surface area contributed by atoms with Crippen LogP contribution in [0.2, 0.25) is 0 Å². The largest absolute Gasteiger partial charge is 0.493 e. The predicted molar refractivity (Wildman–Crippen MR) is 142 cm³/mol. The zero-order chi connectivity index (χ0) is 25.5. The summed E-state index contributed by atoms with van der Waals surface area (Å²) < 4.78 is 17.5. The molecule has 2 aromatic heterocycles. The number of rotatable bonds is 9. The number of urea groups is 1. The third-order valence-electron chi connectivity index (χ3n) is 5.27. The Morgan fingerprint density at radius 1 is 0.944 bits per heavy atom. The Hall–Kier alpha value is -4.25. The monoisotopic (exact) mass is 506 g/mol. The fraction of sp³-hybridized carbons (Fsp3) is 0.200. The van der Waals surface area contributed by atoms with Crippen LogP contribution in [-0.2, 0) is 6.42 Å². The van der Waals surface area contributed by atoms with Gasteiger partial charge in [-0.2, -0.15) is 0 Å². The van der Waals surface area contributed by atoms with E-state index in [1.807, 2.05) is 30.3 Å². The number of amides is 2. The molecule has 4 aromatic rings. The standard InChI is InChI=1S/C25H26N6O4S/c1-33-19-13-17(14-20(34-2)23(19)35-3)27-22-15-26-18-9-10-21(28-24(18)29-22)30-25(32)31(36)12-11-16-7-5-4-6-8-16/h4-10,13-15,36H,11-12H2,1-3H3,(H2,27,28,29,30,32). The molecule has 2 aromatic carbocycles. The third kappa shape index (κ3) is 5.87. The lowest BCUT2D eigenvalue weighted by Gasteiger charge is -2.16. The summed E-state index contributed by atoms with van der Waals surface area (Å²) in [4.78, 5) is 25.9. The van der Waals surface area contributed by atoms with Gasteiger partial charge in [-0.15, -0.1) is 0 Å². The summed E-state index contributed by atoms with van der Waals surface area (Å²) in [6.45, 7) is 0.440. The van der Waals surface area contributed by atoms with Crippen molar-refractivity contribution in [1.82, 2.24) is 19.3 Å². The van der Waals surface area contributed by atoms with Gasteiger partial charge < -0.3 is 19.5 Å². The van der Waals surface area contributed by atoms with Gasteiger partial charge in [-0.05, 0) is 24.1 Å². The minimum absolute atomic E-state index is 0.338. The average Bonchev–Trinajstić information content (AvgIpc) is 2.91. The number of anilines is 3. The molecule has 0 spiro atoms. The lowest BCUT2D eigenvalue weighted by molar-refractivity contribution is 0.239. The highest BCUT2D eigenvalue weighted by Gasteiger charge is 2.15. The molecule has 0 saturated carbocycles. The lowest BCUT2D eigenvalue weighted by Crippen LogP contribution is -2.29. The third-order valence-corrected chi connectivity index (χ3v) is 5.65. The molecular formula is C25H26N6O4S. The summed E-state index contributed by atoms with van der Waals surface area (Å²) >= 11 is 4.30. The van der Waals surface area contributed by atoms with E-state index in [2.05, 4.69) is 38.4 Å². The fourth-order valence-electron chi connectivity index (χ4n) is 3.48. The van der Waals surface area contributed by atoms with E-state index >= 15 is 0 Å². The number of carbonyl (C=O) groups is 1. The molecule has 0 bridgehead atoms. The predicted octanol–water partition coefficient (Wildman–Crippen LogP) is 4.72. The number of thiol groups is 1. The molecule has 11 heteroatoms. The minimum atomic E-state index is -0.388. The second-order valence-corrected chi connectivity index (χ2v) is 8.11. The Labute approximate surface area is 214 Å². The first kappa shape index (κ1) is 24.9. The SMILES string of the molecule is COc1cc(Nc2cnc3ccc(NC(=O)N(S)CCc4ccccc4)nc3n2)cc(OC)c1OC. The normalized spacial score (nSPS) is 10.6. The molecule has 0 atom stereocenters. The van der Waals surface area contributed by atoms with Gasteiger partial charge in [0.05, 0.1) is 27.5 Å². The summed E-state index contributed by atoms with van der Waals surface area (Å²) in [6.07, 6.45) is 2.27. The quantitative estimate of drug-likeness (QED) is 0.280. The van der Waals surface area contributed by atoms with E-state index in [1.165, 1.54) is 4.31 Å². The topological polar surface area (TPSA) is 111 Å². The highest BCUT2D eigenvalue weighted by molar-refractivity contribution is 7.78. The zero-order valence-electron chi connectivity index (χ0n) is 20.1. The van der Waals surface area contributed by atoms with E-state index in [4.69, 9.17) is 14.2 Å². The number of fused-ring (bicyclic) bond motifs is 1. The molecule has 0 unspecified atom stereocenters. The van der Waals surface area contributed by atoms with Crippen molar-refractivity contribution in [2.75, 3.05) is 38.5 Å². The molecule has 2 amide bonds. The van der Waals surface area contributed by atoms with E-state index in [9.17, 15) is 4.79 Å². The molecule has 186 valence electrons. The van der Waals surface area contributed by atoms with Crippen LogP contribution < -0.4 is 24.8 Å². The highest BCUT2D eigenvalue weighted by atomic mass is 32.1. The Morgan fingerprint density at radius 3 is 2.31 bits per heavy atom. The fourth-order valence-corrected chi connectivity index (χ4v) is 3.63. The van der Waals surface area contributed by atoms with Crippen molar-refractivity contribution in [2.45, 2.75) is 6.42 Å². The first-order valence-corrected chi connectivity index (χ1v) is 11.4. The van der Waals surface area contributed by atoms with Crippen LogP contribution in [0, 0.1) is 0 Å².